The van der Waals surface area contributed by atoms with Crippen molar-refractivity contribution in [3.05, 3.63) is 67.7 Å². The van der Waals surface area contributed by atoms with E-state index >= 15 is 0 Å². The van der Waals surface area contributed by atoms with Crippen LogP contribution in [0.4, 0.5) is 5.69 Å². The first kappa shape index (κ1) is 22.3. The van der Waals surface area contributed by atoms with Gasteiger partial charge >= 0.3 is 0 Å². The van der Waals surface area contributed by atoms with Crippen LogP contribution >= 0.6 is 15.9 Å². The molecule has 1 aliphatic rings. The van der Waals surface area contributed by atoms with Crippen LogP contribution in [0.15, 0.2) is 46.4 Å². The number of methoxy groups -OCH3 is 1. The quantitative estimate of drug-likeness (QED) is 0.247. The number of hydrogen-bond acceptors (Lipinski definition) is 6. The molecule has 0 radical (unpaired) electrons. The second kappa shape index (κ2) is 10.1. The molecule has 2 aromatic carbocycles. The zero-order valence-electron chi connectivity index (χ0n) is 16.8. The molecule has 8 nitrogen and oxygen atoms in total. The summed E-state index contributed by atoms with van der Waals surface area (Å²) >= 11 is 3.46. The summed E-state index contributed by atoms with van der Waals surface area (Å²) in [4.78, 5) is 24.5. The Kier molecular flexibility index (Phi) is 7.26. The maximum Gasteiger partial charge on any atom is 0.269 e. The minimum atomic E-state index is -0.457. The van der Waals surface area contributed by atoms with Gasteiger partial charge in [-0.2, -0.15) is 5.26 Å². The van der Waals surface area contributed by atoms with Gasteiger partial charge in [-0.1, -0.05) is 15.9 Å². The molecule has 1 fully saturated rings. The molecule has 0 unspecified atom stereocenters. The van der Waals surface area contributed by atoms with Crippen LogP contribution in [0.5, 0.6) is 11.5 Å². The van der Waals surface area contributed by atoms with Gasteiger partial charge in [0.25, 0.3) is 11.6 Å². The van der Waals surface area contributed by atoms with E-state index in [1.807, 2.05) is 6.07 Å². The van der Waals surface area contributed by atoms with Crippen molar-refractivity contribution in [1.29, 1.82) is 5.26 Å². The highest BCUT2D eigenvalue weighted by molar-refractivity contribution is 9.10. The van der Waals surface area contributed by atoms with Crippen molar-refractivity contribution in [2.45, 2.75) is 19.4 Å². The van der Waals surface area contributed by atoms with Gasteiger partial charge < -0.3 is 14.4 Å². The van der Waals surface area contributed by atoms with E-state index in [1.165, 1.54) is 25.3 Å². The van der Waals surface area contributed by atoms with Gasteiger partial charge in [0.15, 0.2) is 11.5 Å². The predicted molar refractivity (Wildman–Crippen MR) is 118 cm³/mol. The standard InChI is InChI=1S/C22H20BrN3O5/c1-30-20-11-16(10-17(13-24)22(27)25-8-2-3-9-25)19(23)12-21(20)31-14-15-4-6-18(7-5-15)26(28)29/h4-7,10-12H,2-3,8-9,14H2,1H3/b17-10+. The lowest BCUT2D eigenvalue weighted by Gasteiger charge is -2.15. The maximum absolute atomic E-state index is 12.6. The molecule has 0 N–H and O–H groups in total. The van der Waals surface area contributed by atoms with Crippen molar-refractivity contribution in [1.82, 2.24) is 4.90 Å². The summed E-state index contributed by atoms with van der Waals surface area (Å²) in [6.45, 7) is 1.52. The second-order valence-electron chi connectivity index (χ2n) is 6.91. The molecule has 31 heavy (non-hydrogen) atoms. The van der Waals surface area contributed by atoms with Crippen LogP contribution in [-0.4, -0.2) is 35.9 Å². The summed E-state index contributed by atoms with van der Waals surface area (Å²) in [5, 5.41) is 20.2. The van der Waals surface area contributed by atoms with Crippen LogP contribution in [0, 0.1) is 21.4 Å². The van der Waals surface area contributed by atoms with Crippen molar-refractivity contribution in [3.63, 3.8) is 0 Å². The molecule has 0 aliphatic carbocycles. The Morgan fingerprint density at radius 1 is 1.26 bits per heavy atom. The molecule has 0 saturated carbocycles. The van der Waals surface area contributed by atoms with E-state index in [0.29, 0.717) is 34.6 Å². The third kappa shape index (κ3) is 5.41. The third-order valence-electron chi connectivity index (χ3n) is 4.87. The molecular formula is C22H20BrN3O5. The molecule has 0 aromatic heterocycles. The first-order valence-electron chi connectivity index (χ1n) is 9.57. The maximum atomic E-state index is 12.6. The third-order valence-corrected chi connectivity index (χ3v) is 5.56. The number of benzene rings is 2. The Morgan fingerprint density at radius 3 is 2.52 bits per heavy atom. The summed E-state index contributed by atoms with van der Waals surface area (Å²) in [7, 11) is 1.50. The SMILES string of the molecule is COc1cc(/C=C(\C#N)C(=O)N2CCCC2)c(Br)cc1OCc1ccc([N+](=O)[O-])cc1. The molecular weight excluding hydrogens is 466 g/mol. The fraction of sp³-hybridized carbons (Fsp3) is 0.273. The van der Waals surface area contributed by atoms with Crippen molar-refractivity contribution < 1.29 is 19.2 Å². The molecule has 9 heteroatoms. The Balaban J connectivity index is 1.79. The van der Waals surface area contributed by atoms with E-state index in [0.717, 1.165) is 18.4 Å². The molecule has 1 amide bonds. The topological polar surface area (TPSA) is 106 Å². The van der Waals surface area contributed by atoms with E-state index in [-0.39, 0.29) is 23.8 Å². The first-order chi connectivity index (χ1) is 14.9. The van der Waals surface area contributed by atoms with Crippen LogP contribution in [0.25, 0.3) is 6.08 Å². The van der Waals surface area contributed by atoms with Gasteiger partial charge in [-0.15, -0.1) is 0 Å². The highest BCUT2D eigenvalue weighted by atomic mass is 79.9. The lowest BCUT2D eigenvalue weighted by molar-refractivity contribution is -0.384. The van der Waals surface area contributed by atoms with Gasteiger partial charge in [0.2, 0.25) is 0 Å². The van der Waals surface area contributed by atoms with Gasteiger partial charge in [-0.05, 0) is 54.3 Å². The number of hydrogen-bond donors (Lipinski definition) is 0. The van der Waals surface area contributed by atoms with E-state index in [1.54, 1.807) is 29.2 Å². The van der Waals surface area contributed by atoms with E-state index in [4.69, 9.17) is 9.47 Å². The predicted octanol–water partition coefficient (Wildman–Crippen LogP) is 4.47. The summed E-state index contributed by atoms with van der Waals surface area (Å²) in [5.41, 5.74) is 1.44. The molecule has 0 spiro atoms. The number of nitrogens with zero attached hydrogens (tertiary/aromatic N) is 3. The Bertz CT molecular complexity index is 1050. The van der Waals surface area contributed by atoms with Gasteiger partial charge in [-0.25, -0.2) is 0 Å². The van der Waals surface area contributed by atoms with E-state index < -0.39 is 4.92 Å². The Labute approximate surface area is 188 Å². The average molecular weight is 486 g/mol. The number of rotatable bonds is 7. The van der Waals surface area contributed by atoms with Gasteiger partial charge in [0, 0.05) is 29.7 Å². The highest BCUT2D eigenvalue weighted by Crippen LogP contribution is 2.35. The number of likely N-dealkylation sites (tertiary alicyclic amines) is 1. The molecule has 2 aromatic rings. The number of nitro benzene ring substituents is 1. The number of non-ortho nitro benzene ring substituents is 1. The van der Waals surface area contributed by atoms with Gasteiger partial charge in [-0.3, -0.25) is 14.9 Å². The monoisotopic (exact) mass is 485 g/mol. The van der Waals surface area contributed by atoms with Crippen LogP contribution < -0.4 is 9.47 Å². The molecule has 1 saturated heterocycles. The molecule has 1 aliphatic heterocycles. The minimum Gasteiger partial charge on any atom is -0.493 e. The molecule has 1 heterocycles. The summed E-state index contributed by atoms with van der Waals surface area (Å²) in [6.07, 6.45) is 3.43. The molecule has 160 valence electrons. The lowest BCUT2D eigenvalue weighted by Crippen LogP contribution is -2.28. The van der Waals surface area contributed by atoms with Gasteiger partial charge in [0.05, 0.1) is 12.0 Å². The molecule has 3 rings (SSSR count). The second-order valence-corrected chi connectivity index (χ2v) is 7.76. The number of carbonyl (C=O) groups excluding carboxylic acids is 1. The molecule has 0 bridgehead atoms. The largest absolute Gasteiger partial charge is 0.493 e. The zero-order chi connectivity index (χ0) is 22.4. The summed E-state index contributed by atoms with van der Waals surface area (Å²) < 4.78 is 11.9. The average Bonchev–Trinajstić information content (AvgIpc) is 3.31. The van der Waals surface area contributed by atoms with Crippen LogP contribution in [0.3, 0.4) is 0 Å². The molecule has 0 atom stereocenters. The summed E-state index contributed by atoms with van der Waals surface area (Å²) in [5.74, 6) is 0.612. The lowest BCUT2D eigenvalue weighted by atomic mass is 10.1. The van der Waals surface area contributed by atoms with Crippen molar-refractivity contribution in [2.75, 3.05) is 20.2 Å². The number of ether oxygens (including phenoxy) is 2. The van der Waals surface area contributed by atoms with Crippen LogP contribution in [-0.2, 0) is 11.4 Å². The number of halogens is 1. The first-order valence-corrected chi connectivity index (χ1v) is 10.4. The summed E-state index contributed by atoms with van der Waals surface area (Å²) in [6, 6.07) is 11.5. The Hall–Kier alpha value is -3.38. The number of amides is 1. The van der Waals surface area contributed by atoms with Crippen LogP contribution in [0.1, 0.15) is 24.0 Å². The normalized spacial score (nSPS) is 13.6. The zero-order valence-corrected chi connectivity index (χ0v) is 18.4. The van der Waals surface area contributed by atoms with Crippen molar-refractivity contribution >= 4 is 33.6 Å². The smallest absolute Gasteiger partial charge is 0.269 e. The van der Waals surface area contributed by atoms with Gasteiger partial charge in [0.1, 0.15) is 18.2 Å². The van der Waals surface area contributed by atoms with Crippen LogP contribution in [0.2, 0.25) is 0 Å². The Morgan fingerprint density at radius 2 is 1.94 bits per heavy atom. The fourth-order valence-electron chi connectivity index (χ4n) is 3.20. The number of nitriles is 1. The van der Waals surface area contributed by atoms with E-state index in [9.17, 15) is 20.2 Å². The highest BCUT2D eigenvalue weighted by Gasteiger charge is 2.22. The van der Waals surface area contributed by atoms with E-state index in [2.05, 4.69) is 15.9 Å². The minimum absolute atomic E-state index is 0.0111. The fourth-order valence-corrected chi connectivity index (χ4v) is 3.63. The van der Waals surface area contributed by atoms with Crippen molar-refractivity contribution in [3.8, 4) is 17.6 Å². The number of carbonyl (C=O) groups is 1. The van der Waals surface area contributed by atoms with Crippen molar-refractivity contribution in [2.24, 2.45) is 0 Å². The number of nitro groups is 1.